The third kappa shape index (κ3) is 8.63. The molecule has 1 aliphatic heterocycles. The predicted molar refractivity (Wildman–Crippen MR) is 151 cm³/mol. The number of unbranched alkanes of at least 4 members (excludes halogenated alkanes) is 1. The molecule has 1 aromatic heterocycles. The Morgan fingerprint density at radius 2 is 1.85 bits per heavy atom. The molecule has 4 rings (SSSR count). The van der Waals surface area contributed by atoms with Crippen molar-refractivity contribution in [3.63, 3.8) is 0 Å². The number of hydrogen-bond acceptors (Lipinski definition) is 6. The van der Waals surface area contributed by atoms with Gasteiger partial charge in [0.1, 0.15) is 12.1 Å². The van der Waals surface area contributed by atoms with Crippen LogP contribution in [0.15, 0.2) is 30.6 Å². The molecule has 0 radical (unpaired) electrons. The second-order valence-corrected chi connectivity index (χ2v) is 11.7. The number of nitrogens with one attached hydrogen (secondary N) is 1. The highest BCUT2D eigenvalue weighted by Gasteiger charge is 2.37. The fourth-order valence-corrected chi connectivity index (χ4v) is 5.69. The normalized spacial score (nSPS) is 17.7. The Morgan fingerprint density at radius 3 is 2.46 bits per heavy atom. The molecule has 1 atom stereocenters. The summed E-state index contributed by atoms with van der Waals surface area (Å²) in [6.45, 7) is 6.04. The summed E-state index contributed by atoms with van der Waals surface area (Å²) in [6, 6.07) is 5.00. The van der Waals surface area contributed by atoms with Gasteiger partial charge in [-0.2, -0.15) is 17.6 Å². The van der Waals surface area contributed by atoms with Gasteiger partial charge < -0.3 is 15.0 Å². The van der Waals surface area contributed by atoms with Crippen molar-refractivity contribution >= 4 is 17.4 Å². The standard InChI is InChI=1S/C31H42F4N4O2/c1-3-5-6-22(4-2)17-26(40)18-30(13-15-41-16-14-30)20-36-28-27(32)29(38-21-37-28)39(25-11-12-25)19-23-7-9-24(10-8-23)31(33,34)35/h7-10,21-22,25H,3-6,11-20H2,1-2H3,(H,36,37,38). The second-order valence-electron chi connectivity index (χ2n) is 11.7. The van der Waals surface area contributed by atoms with Crippen molar-refractivity contribution in [2.75, 3.05) is 30.0 Å². The van der Waals surface area contributed by atoms with E-state index < -0.39 is 17.6 Å². The smallest absolute Gasteiger partial charge is 0.381 e. The summed E-state index contributed by atoms with van der Waals surface area (Å²) < 4.78 is 60.4. The highest BCUT2D eigenvalue weighted by Crippen LogP contribution is 2.38. The first kappa shape index (κ1) is 31.2. The van der Waals surface area contributed by atoms with E-state index in [9.17, 15) is 18.0 Å². The van der Waals surface area contributed by atoms with Crippen LogP contribution in [0.5, 0.6) is 0 Å². The highest BCUT2D eigenvalue weighted by molar-refractivity contribution is 5.79. The van der Waals surface area contributed by atoms with Crippen molar-refractivity contribution in [1.29, 1.82) is 0 Å². The van der Waals surface area contributed by atoms with E-state index in [-0.39, 0.29) is 35.4 Å². The molecule has 41 heavy (non-hydrogen) atoms. The number of benzene rings is 1. The molecule has 2 heterocycles. The number of anilines is 2. The summed E-state index contributed by atoms with van der Waals surface area (Å²) in [4.78, 5) is 23.4. The lowest BCUT2D eigenvalue weighted by molar-refractivity contribution is -0.137. The first-order valence-corrected chi connectivity index (χ1v) is 14.9. The van der Waals surface area contributed by atoms with E-state index in [0.717, 1.165) is 50.7 Å². The monoisotopic (exact) mass is 578 g/mol. The van der Waals surface area contributed by atoms with E-state index >= 15 is 4.39 Å². The predicted octanol–water partition coefficient (Wildman–Crippen LogP) is 7.58. The van der Waals surface area contributed by atoms with Crippen LogP contribution in [0.25, 0.3) is 0 Å². The second kappa shape index (κ2) is 13.9. The summed E-state index contributed by atoms with van der Waals surface area (Å²) >= 11 is 0. The molecule has 2 aromatic rings. The number of ketones is 1. The molecule has 1 saturated carbocycles. The van der Waals surface area contributed by atoms with Gasteiger partial charge in [0.2, 0.25) is 5.82 Å². The van der Waals surface area contributed by atoms with Gasteiger partial charge in [-0.05, 0) is 54.7 Å². The number of alkyl halides is 3. The Kier molecular flexibility index (Phi) is 10.6. The van der Waals surface area contributed by atoms with Crippen molar-refractivity contribution < 1.29 is 27.1 Å². The largest absolute Gasteiger partial charge is 0.416 e. The lowest BCUT2D eigenvalue weighted by Crippen LogP contribution is -2.38. The molecule has 226 valence electrons. The molecule has 1 unspecified atom stereocenters. The molecule has 0 bridgehead atoms. The van der Waals surface area contributed by atoms with Crippen molar-refractivity contribution in [1.82, 2.24) is 9.97 Å². The number of carbonyl (C=O) groups excluding carboxylic acids is 1. The fraction of sp³-hybridized carbons (Fsp3) is 0.645. The number of carbonyl (C=O) groups is 1. The van der Waals surface area contributed by atoms with Gasteiger partial charge in [0.05, 0.1) is 5.56 Å². The molecule has 6 nitrogen and oxygen atoms in total. The molecule has 1 N–H and O–H groups in total. The third-order valence-electron chi connectivity index (χ3n) is 8.48. The number of nitrogens with zero attached hydrogens (tertiary/aromatic N) is 3. The van der Waals surface area contributed by atoms with E-state index in [1.54, 1.807) is 4.90 Å². The van der Waals surface area contributed by atoms with Crippen LogP contribution in [-0.4, -0.2) is 41.6 Å². The summed E-state index contributed by atoms with van der Waals surface area (Å²) in [5, 5.41) is 3.19. The van der Waals surface area contributed by atoms with Crippen LogP contribution < -0.4 is 10.2 Å². The van der Waals surface area contributed by atoms with Crippen molar-refractivity contribution in [2.45, 2.75) is 96.8 Å². The van der Waals surface area contributed by atoms with Crippen LogP contribution in [-0.2, 0) is 22.3 Å². The zero-order valence-corrected chi connectivity index (χ0v) is 24.1. The molecule has 0 amide bonds. The zero-order valence-electron chi connectivity index (χ0n) is 24.1. The number of rotatable bonds is 15. The number of aromatic nitrogens is 2. The van der Waals surface area contributed by atoms with Crippen molar-refractivity contribution in [3.8, 4) is 0 Å². The average molecular weight is 579 g/mol. The Hall–Kier alpha value is -2.75. The molecule has 10 heteroatoms. The Morgan fingerprint density at radius 1 is 1.15 bits per heavy atom. The van der Waals surface area contributed by atoms with E-state index in [0.29, 0.717) is 56.9 Å². The van der Waals surface area contributed by atoms with E-state index in [1.807, 2.05) is 0 Å². The SMILES string of the molecule is CCCCC(CC)CC(=O)CC1(CNc2ncnc(N(Cc3ccc(C(F)(F)F)cc3)C3CC3)c2F)CCOCC1. The molecule has 1 aliphatic carbocycles. The topological polar surface area (TPSA) is 67.4 Å². The summed E-state index contributed by atoms with van der Waals surface area (Å²) in [5.41, 5.74) is -0.418. The zero-order chi connectivity index (χ0) is 29.5. The van der Waals surface area contributed by atoms with E-state index in [2.05, 4.69) is 29.1 Å². The van der Waals surface area contributed by atoms with Crippen LogP contribution in [0.4, 0.5) is 29.2 Å². The molecular formula is C31H42F4N4O2. The Bertz CT molecular complexity index is 1130. The lowest BCUT2D eigenvalue weighted by Gasteiger charge is -2.37. The van der Waals surface area contributed by atoms with Gasteiger partial charge >= 0.3 is 6.18 Å². The molecule has 1 saturated heterocycles. The van der Waals surface area contributed by atoms with Gasteiger partial charge in [-0.1, -0.05) is 51.7 Å². The molecule has 2 fully saturated rings. The van der Waals surface area contributed by atoms with Gasteiger partial charge in [-0.25, -0.2) is 9.97 Å². The Labute approximate surface area is 240 Å². The number of Topliss-reactive ketones (excluding diaryl/α,β-unsaturated/α-hetero) is 1. The summed E-state index contributed by atoms with van der Waals surface area (Å²) in [5.74, 6) is 0.249. The molecule has 1 aromatic carbocycles. The van der Waals surface area contributed by atoms with Gasteiger partial charge in [0, 0.05) is 45.2 Å². The van der Waals surface area contributed by atoms with Gasteiger partial charge in [-0.3, -0.25) is 4.79 Å². The van der Waals surface area contributed by atoms with Crippen LogP contribution in [0.3, 0.4) is 0 Å². The number of halogens is 4. The lowest BCUT2D eigenvalue weighted by atomic mass is 9.74. The minimum absolute atomic E-state index is 0.0632. The first-order valence-electron chi connectivity index (χ1n) is 14.9. The molecule has 2 aliphatic rings. The quantitative estimate of drug-likeness (QED) is 0.220. The summed E-state index contributed by atoms with van der Waals surface area (Å²) in [7, 11) is 0. The van der Waals surface area contributed by atoms with Crippen LogP contribution in [0.2, 0.25) is 0 Å². The number of ether oxygens (including phenoxy) is 1. The first-order chi connectivity index (χ1) is 19.6. The maximum Gasteiger partial charge on any atom is 0.416 e. The minimum Gasteiger partial charge on any atom is -0.381 e. The highest BCUT2D eigenvalue weighted by atomic mass is 19.4. The third-order valence-corrected chi connectivity index (χ3v) is 8.48. The molecule has 0 spiro atoms. The maximum absolute atomic E-state index is 15.8. The number of hydrogen-bond donors (Lipinski definition) is 1. The van der Waals surface area contributed by atoms with E-state index in [4.69, 9.17) is 4.74 Å². The minimum atomic E-state index is -4.41. The molecular weight excluding hydrogens is 536 g/mol. The average Bonchev–Trinajstić information content (AvgIpc) is 3.79. The van der Waals surface area contributed by atoms with Gasteiger partial charge in [0.15, 0.2) is 11.6 Å². The summed E-state index contributed by atoms with van der Waals surface area (Å²) in [6.07, 6.45) is 5.31. The van der Waals surface area contributed by atoms with Crippen molar-refractivity contribution in [2.24, 2.45) is 11.3 Å². The van der Waals surface area contributed by atoms with Gasteiger partial charge in [0.25, 0.3) is 0 Å². The van der Waals surface area contributed by atoms with Crippen molar-refractivity contribution in [3.05, 3.63) is 47.5 Å². The van der Waals surface area contributed by atoms with Crippen LogP contribution in [0.1, 0.15) is 89.2 Å². The van der Waals surface area contributed by atoms with Crippen LogP contribution >= 0.6 is 0 Å². The van der Waals surface area contributed by atoms with E-state index in [1.165, 1.54) is 18.5 Å². The van der Waals surface area contributed by atoms with Crippen LogP contribution in [0, 0.1) is 17.2 Å². The van der Waals surface area contributed by atoms with Gasteiger partial charge in [-0.15, -0.1) is 0 Å². The Balaban J connectivity index is 1.46. The maximum atomic E-state index is 15.8. The fourth-order valence-electron chi connectivity index (χ4n) is 5.69.